The lowest BCUT2D eigenvalue weighted by Gasteiger charge is -2.26. The molecule has 4 N–H and O–H groups in total. The van der Waals surface area contributed by atoms with Crippen LogP contribution >= 0.6 is 0 Å². The number of hydrogen-bond acceptors (Lipinski definition) is 7. The van der Waals surface area contributed by atoms with E-state index < -0.39 is 0 Å². The summed E-state index contributed by atoms with van der Waals surface area (Å²) in [4.78, 5) is 10.5. The lowest BCUT2D eigenvalue weighted by molar-refractivity contribution is 0.0564. The Morgan fingerprint density at radius 1 is 1.19 bits per heavy atom. The molecule has 140 valence electrons. The first-order valence-electron chi connectivity index (χ1n) is 8.93. The van der Waals surface area contributed by atoms with Gasteiger partial charge in [-0.15, -0.1) is 0 Å². The van der Waals surface area contributed by atoms with Crippen molar-refractivity contribution < 1.29 is 9.47 Å². The van der Waals surface area contributed by atoms with Gasteiger partial charge in [0.2, 0.25) is 0 Å². The third-order valence-corrected chi connectivity index (χ3v) is 4.65. The predicted molar refractivity (Wildman–Crippen MR) is 103 cm³/mol. The van der Waals surface area contributed by atoms with Gasteiger partial charge in [0.05, 0.1) is 12.7 Å². The van der Waals surface area contributed by atoms with Crippen molar-refractivity contribution in [1.29, 1.82) is 0 Å². The molecule has 2 aromatic rings. The van der Waals surface area contributed by atoms with Crippen LogP contribution in [0, 0.1) is 6.92 Å². The molecule has 0 spiro atoms. The quantitative estimate of drug-likeness (QED) is 0.819. The molecule has 7 nitrogen and oxygen atoms in total. The summed E-state index contributed by atoms with van der Waals surface area (Å²) in [7, 11) is 1.90. The molecule has 26 heavy (non-hydrogen) atoms. The van der Waals surface area contributed by atoms with Gasteiger partial charge in [-0.3, -0.25) is 0 Å². The van der Waals surface area contributed by atoms with E-state index in [0.717, 1.165) is 19.3 Å². The highest BCUT2D eigenvalue weighted by atomic mass is 16.5. The molecule has 0 radical (unpaired) electrons. The van der Waals surface area contributed by atoms with Crippen LogP contribution in [0.1, 0.15) is 30.9 Å². The Kier molecular flexibility index (Phi) is 5.46. The monoisotopic (exact) mass is 357 g/mol. The summed E-state index contributed by atoms with van der Waals surface area (Å²) in [6, 6.07) is 8.59. The molecule has 0 amide bonds. The van der Waals surface area contributed by atoms with Crippen molar-refractivity contribution in [3.8, 4) is 6.01 Å². The van der Waals surface area contributed by atoms with Gasteiger partial charge in [-0.25, -0.2) is 0 Å². The minimum Gasteiger partial charge on any atom is -0.463 e. The van der Waals surface area contributed by atoms with Crippen LogP contribution in [-0.2, 0) is 11.2 Å². The Balaban J connectivity index is 1.68. The zero-order valence-electron chi connectivity index (χ0n) is 15.6. The fourth-order valence-corrected chi connectivity index (χ4v) is 3.00. The zero-order valence-corrected chi connectivity index (χ0v) is 15.6. The van der Waals surface area contributed by atoms with E-state index in [1.54, 1.807) is 0 Å². The Hall–Kier alpha value is -2.54. The van der Waals surface area contributed by atoms with E-state index in [0.29, 0.717) is 18.1 Å². The predicted octanol–water partition coefficient (Wildman–Crippen LogP) is 2.53. The summed E-state index contributed by atoms with van der Waals surface area (Å²) < 4.78 is 11.6. The highest BCUT2D eigenvalue weighted by Gasteiger charge is 2.28. The molecule has 3 rings (SSSR count). The van der Waals surface area contributed by atoms with Crippen molar-refractivity contribution in [2.75, 3.05) is 30.0 Å². The first-order valence-corrected chi connectivity index (χ1v) is 8.93. The smallest absolute Gasteiger partial charge is 0.320 e. The van der Waals surface area contributed by atoms with Gasteiger partial charge in [0.25, 0.3) is 0 Å². The topological polar surface area (TPSA) is 99.5 Å². The minimum absolute atomic E-state index is 0.0676. The second kappa shape index (κ2) is 7.78. The van der Waals surface area contributed by atoms with Crippen molar-refractivity contribution in [2.24, 2.45) is 0 Å². The molecule has 1 saturated heterocycles. The molecule has 2 atom stereocenters. The van der Waals surface area contributed by atoms with Crippen LogP contribution in [0.25, 0.3) is 0 Å². The summed E-state index contributed by atoms with van der Waals surface area (Å²) in [6.45, 7) is 4.59. The number of hydrogen-bond donors (Lipinski definition) is 2. The Labute approximate surface area is 154 Å². The average molecular weight is 357 g/mol. The van der Waals surface area contributed by atoms with Crippen LogP contribution in [0.15, 0.2) is 24.3 Å². The van der Waals surface area contributed by atoms with Gasteiger partial charge in [-0.1, -0.05) is 29.8 Å². The van der Waals surface area contributed by atoms with Gasteiger partial charge in [0.15, 0.2) is 11.6 Å². The maximum absolute atomic E-state index is 6.09. The number of aromatic nitrogens is 2. The van der Waals surface area contributed by atoms with Crippen molar-refractivity contribution >= 4 is 17.3 Å². The summed E-state index contributed by atoms with van der Waals surface area (Å²) >= 11 is 0. The fraction of sp³-hybridized carbons (Fsp3) is 0.474. The van der Waals surface area contributed by atoms with Gasteiger partial charge in [-0.05, 0) is 32.3 Å². The van der Waals surface area contributed by atoms with Crippen LogP contribution < -0.4 is 21.1 Å². The number of aryl methyl sites for hydroxylation is 1. The number of rotatable bonds is 6. The van der Waals surface area contributed by atoms with Crippen molar-refractivity contribution in [3.63, 3.8) is 0 Å². The standard InChI is InChI=1S/C19H27N5O2/c1-12-4-7-14(8-5-12)10-11-25-19-22-17(21)16(20)18(23-19)24(3)15-9-6-13(2)26-15/h4-5,7-8,13,15H,6,9-11,20H2,1-3H3,(H2,21,22,23). The number of nitrogens with two attached hydrogens (primary N) is 2. The molecule has 7 heteroatoms. The number of benzene rings is 1. The van der Waals surface area contributed by atoms with Crippen molar-refractivity contribution in [1.82, 2.24) is 9.97 Å². The fourth-order valence-electron chi connectivity index (χ4n) is 3.00. The van der Waals surface area contributed by atoms with E-state index in [2.05, 4.69) is 48.1 Å². The van der Waals surface area contributed by atoms with Gasteiger partial charge in [0.1, 0.15) is 11.9 Å². The first-order chi connectivity index (χ1) is 12.4. The molecular weight excluding hydrogens is 330 g/mol. The molecule has 1 aliphatic heterocycles. The maximum Gasteiger partial charge on any atom is 0.320 e. The van der Waals surface area contributed by atoms with Crippen molar-refractivity contribution in [2.45, 2.75) is 45.4 Å². The Morgan fingerprint density at radius 3 is 2.58 bits per heavy atom. The van der Waals surface area contributed by atoms with Crippen LogP contribution in [-0.4, -0.2) is 36.0 Å². The molecule has 2 unspecified atom stereocenters. The van der Waals surface area contributed by atoms with E-state index in [1.807, 2.05) is 11.9 Å². The van der Waals surface area contributed by atoms with Gasteiger partial charge in [0, 0.05) is 13.5 Å². The lowest BCUT2D eigenvalue weighted by Crippen LogP contribution is -2.33. The van der Waals surface area contributed by atoms with Crippen LogP contribution in [0.4, 0.5) is 17.3 Å². The lowest BCUT2D eigenvalue weighted by atomic mass is 10.1. The molecule has 0 saturated carbocycles. The molecule has 1 aromatic carbocycles. The summed E-state index contributed by atoms with van der Waals surface area (Å²) in [5, 5.41) is 0. The number of nitrogen functional groups attached to an aromatic ring is 2. The molecule has 0 bridgehead atoms. The van der Waals surface area contributed by atoms with E-state index in [9.17, 15) is 0 Å². The number of ether oxygens (including phenoxy) is 2. The largest absolute Gasteiger partial charge is 0.463 e. The molecule has 1 aliphatic rings. The second-order valence-corrected chi connectivity index (χ2v) is 6.80. The van der Waals surface area contributed by atoms with Crippen molar-refractivity contribution in [3.05, 3.63) is 35.4 Å². The SMILES string of the molecule is Cc1ccc(CCOc2nc(N)c(N)c(N(C)C3CCC(C)O3)n2)cc1. The maximum atomic E-state index is 6.09. The zero-order chi connectivity index (χ0) is 18.7. The molecule has 0 aliphatic carbocycles. The van der Waals surface area contributed by atoms with E-state index in [4.69, 9.17) is 20.9 Å². The van der Waals surface area contributed by atoms with Gasteiger partial charge >= 0.3 is 6.01 Å². The molecule has 1 fully saturated rings. The third kappa shape index (κ3) is 4.16. The minimum atomic E-state index is -0.0676. The van der Waals surface area contributed by atoms with Crippen LogP contribution in [0.2, 0.25) is 0 Å². The normalized spacial score (nSPS) is 19.5. The van der Waals surface area contributed by atoms with Gasteiger partial charge in [-0.2, -0.15) is 9.97 Å². The highest BCUT2D eigenvalue weighted by molar-refractivity contribution is 5.74. The summed E-state index contributed by atoms with van der Waals surface area (Å²) in [5.41, 5.74) is 14.8. The number of anilines is 3. The van der Waals surface area contributed by atoms with Crippen LogP contribution in [0.3, 0.4) is 0 Å². The second-order valence-electron chi connectivity index (χ2n) is 6.80. The summed E-state index contributed by atoms with van der Waals surface area (Å²) in [5.74, 6) is 0.764. The molecule has 1 aromatic heterocycles. The van der Waals surface area contributed by atoms with E-state index in [-0.39, 0.29) is 24.2 Å². The average Bonchev–Trinajstić information content (AvgIpc) is 3.05. The first kappa shape index (κ1) is 18.3. The Morgan fingerprint density at radius 2 is 1.92 bits per heavy atom. The van der Waals surface area contributed by atoms with Crippen LogP contribution in [0.5, 0.6) is 6.01 Å². The Bertz CT molecular complexity index is 750. The van der Waals surface area contributed by atoms with E-state index >= 15 is 0 Å². The van der Waals surface area contributed by atoms with Gasteiger partial charge < -0.3 is 25.8 Å². The third-order valence-electron chi connectivity index (χ3n) is 4.65. The number of nitrogens with zero attached hydrogens (tertiary/aromatic N) is 3. The highest BCUT2D eigenvalue weighted by Crippen LogP contribution is 2.31. The summed E-state index contributed by atoms with van der Waals surface area (Å²) in [6.07, 6.45) is 2.86. The van der Waals surface area contributed by atoms with E-state index in [1.165, 1.54) is 11.1 Å². The molecule has 2 heterocycles. The molecular formula is C19H27N5O2.